The molecule has 1 saturated heterocycles. The SMILES string of the molecule is COc1ccc(S(=O)(=O)NC2CCNC2)cc1Br. The molecule has 1 aliphatic heterocycles. The summed E-state index contributed by atoms with van der Waals surface area (Å²) in [5.74, 6) is 0.608. The summed E-state index contributed by atoms with van der Waals surface area (Å²) in [5.41, 5.74) is 0. The number of nitrogens with one attached hydrogen (secondary N) is 2. The zero-order valence-electron chi connectivity index (χ0n) is 9.94. The van der Waals surface area contributed by atoms with Gasteiger partial charge in [-0.05, 0) is 47.1 Å². The Hall–Kier alpha value is -0.630. The molecular formula is C11H15BrN2O3S. The molecule has 1 aromatic rings. The maximum atomic E-state index is 12.1. The molecule has 1 fully saturated rings. The number of methoxy groups -OCH3 is 1. The lowest BCUT2D eigenvalue weighted by Gasteiger charge is -2.13. The molecule has 0 aromatic heterocycles. The van der Waals surface area contributed by atoms with Gasteiger partial charge < -0.3 is 10.1 Å². The average molecular weight is 335 g/mol. The summed E-state index contributed by atoms with van der Waals surface area (Å²) in [5, 5.41) is 3.12. The maximum absolute atomic E-state index is 12.1. The molecule has 1 aliphatic rings. The van der Waals surface area contributed by atoms with Crippen molar-refractivity contribution in [3.05, 3.63) is 22.7 Å². The second kappa shape index (κ2) is 5.56. The van der Waals surface area contributed by atoms with E-state index in [1.807, 2.05) is 0 Å². The highest BCUT2D eigenvalue weighted by atomic mass is 79.9. The number of benzene rings is 1. The van der Waals surface area contributed by atoms with Crippen LogP contribution in [0.3, 0.4) is 0 Å². The van der Waals surface area contributed by atoms with Gasteiger partial charge in [0.2, 0.25) is 10.0 Å². The summed E-state index contributed by atoms with van der Waals surface area (Å²) in [6.07, 6.45) is 0.816. The molecule has 0 bridgehead atoms. The summed E-state index contributed by atoms with van der Waals surface area (Å²) in [7, 11) is -1.93. The van der Waals surface area contributed by atoms with Gasteiger partial charge >= 0.3 is 0 Å². The number of hydrogen-bond acceptors (Lipinski definition) is 4. The van der Waals surface area contributed by atoms with Gasteiger partial charge in [0, 0.05) is 12.6 Å². The van der Waals surface area contributed by atoms with Crippen molar-refractivity contribution < 1.29 is 13.2 Å². The van der Waals surface area contributed by atoms with Crippen molar-refractivity contribution in [1.29, 1.82) is 0 Å². The van der Waals surface area contributed by atoms with E-state index in [0.29, 0.717) is 16.8 Å². The van der Waals surface area contributed by atoms with E-state index in [4.69, 9.17) is 4.74 Å². The summed E-state index contributed by atoms with van der Waals surface area (Å²) in [4.78, 5) is 0.238. The van der Waals surface area contributed by atoms with E-state index in [1.165, 1.54) is 13.2 Å². The van der Waals surface area contributed by atoms with E-state index in [-0.39, 0.29) is 10.9 Å². The second-order valence-corrected chi connectivity index (χ2v) is 6.68. The Kier molecular flexibility index (Phi) is 4.26. The molecule has 1 unspecified atom stereocenters. The molecule has 0 spiro atoms. The molecule has 7 heteroatoms. The van der Waals surface area contributed by atoms with E-state index >= 15 is 0 Å². The first-order valence-electron chi connectivity index (χ1n) is 5.59. The minimum Gasteiger partial charge on any atom is -0.496 e. The first-order valence-corrected chi connectivity index (χ1v) is 7.87. The van der Waals surface area contributed by atoms with Crippen molar-refractivity contribution in [3.63, 3.8) is 0 Å². The van der Waals surface area contributed by atoms with Gasteiger partial charge in [-0.1, -0.05) is 0 Å². The number of rotatable bonds is 4. The van der Waals surface area contributed by atoms with Crippen molar-refractivity contribution >= 4 is 26.0 Å². The molecule has 2 N–H and O–H groups in total. The molecule has 2 rings (SSSR count). The van der Waals surface area contributed by atoms with E-state index in [9.17, 15) is 8.42 Å². The van der Waals surface area contributed by atoms with Crippen LogP contribution in [-0.2, 0) is 10.0 Å². The average Bonchev–Trinajstić information content (AvgIpc) is 2.81. The lowest BCUT2D eigenvalue weighted by Crippen LogP contribution is -2.36. The molecule has 0 aliphatic carbocycles. The number of sulfonamides is 1. The van der Waals surface area contributed by atoms with Crippen LogP contribution in [0.25, 0.3) is 0 Å². The number of hydrogen-bond donors (Lipinski definition) is 2. The zero-order valence-corrected chi connectivity index (χ0v) is 12.3. The van der Waals surface area contributed by atoms with Gasteiger partial charge in [-0.2, -0.15) is 0 Å². The van der Waals surface area contributed by atoms with Crippen molar-refractivity contribution in [2.75, 3.05) is 20.2 Å². The molecule has 0 radical (unpaired) electrons. The Bertz CT molecular complexity index is 527. The molecule has 5 nitrogen and oxygen atoms in total. The molecule has 1 atom stereocenters. The first kappa shape index (κ1) is 13.8. The monoisotopic (exact) mass is 334 g/mol. The van der Waals surface area contributed by atoms with Crippen LogP contribution in [0.5, 0.6) is 5.75 Å². The van der Waals surface area contributed by atoms with Gasteiger partial charge in [-0.25, -0.2) is 13.1 Å². The molecule has 18 heavy (non-hydrogen) atoms. The molecule has 1 aromatic carbocycles. The summed E-state index contributed by atoms with van der Waals surface area (Å²) >= 11 is 3.28. The molecule has 1 heterocycles. The van der Waals surface area contributed by atoms with Gasteiger partial charge in [0.1, 0.15) is 5.75 Å². The van der Waals surface area contributed by atoms with E-state index in [1.54, 1.807) is 12.1 Å². The lowest BCUT2D eigenvalue weighted by atomic mass is 10.3. The van der Waals surface area contributed by atoms with Crippen molar-refractivity contribution in [2.24, 2.45) is 0 Å². The molecule has 0 amide bonds. The minimum absolute atomic E-state index is 0.0316. The first-order chi connectivity index (χ1) is 8.53. The van der Waals surface area contributed by atoms with Crippen LogP contribution in [-0.4, -0.2) is 34.7 Å². The highest BCUT2D eigenvalue weighted by Crippen LogP contribution is 2.27. The fraction of sp³-hybridized carbons (Fsp3) is 0.455. The van der Waals surface area contributed by atoms with Gasteiger partial charge in [0.25, 0.3) is 0 Å². The standard InChI is InChI=1S/C11H15BrN2O3S/c1-17-11-3-2-9(6-10(11)12)18(15,16)14-8-4-5-13-7-8/h2-3,6,8,13-14H,4-5,7H2,1H3. The predicted molar refractivity (Wildman–Crippen MR) is 72.3 cm³/mol. The van der Waals surface area contributed by atoms with Gasteiger partial charge in [-0.15, -0.1) is 0 Å². The predicted octanol–water partition coefficient (Wildman–Crippen LogP) is 1.10. The van der Waals surface area contributed by atoms with E-state index < -0.39 is 10.0 Å². The Labute approximate surface area is 115 Å². The van der Waals surface area contributed by atoms with Crippen LogP contribution >= 0.6 is 15.9 Å². The third kappa shape index (κ3) is 3.03. The Morgan fingerprint density at radius 3 is 2.83 bits per heavy atom. The van der Waals surface area contributed by atoms with E-state index in [2.05, 4.69) is 26.0 Å². The third-order valence-corrected chi connectivity index (χ3v) is 4.95. The van der Waals surface area contributed by atoms with Crippen molar-refractivity contribution in [1.82, 2.24) is 10.0 Å². The van der Waals surface area contributed by atoms with E-state index in [0.717, 1.165) is 13.0 Å². The number of ether oxygens (including phenoxy) is 1. The fourth-order valence-corrected chi connectivity index (χ4v) is 3.85. The Morgan fingerprint density at radius 1 is 1.50 bits per heavy atom. The largest absolute Gasteiger partial charge is 0.496 e. The van der Waals surface area contributed by atoms with Crippen molar-refractivity contribution in [2.45, 2.75) is 17.4 Å². The normalized spacial score (nSPS) is 20.0. The van der Waals surface area contributed by atoms with Crippen LogP contribution in [0, 0.1) is 0 Å². The third-order valence-electron chi connectivity index (χ3n) is 2.82. The lowest BCUT2D eigenvalue weighted by molar-refractivity contribution is 0.411. The quantitative estimate of drug-likeness (QED) is 0.865. The zero-order chi connectivity index (χ0) is 13.2. The van der Waals surface area contributed by atoms with Crippen molar-refractivity contribution in [3.8, 4) is 5.75 Å². The van der Waals surface area contributed by atoms with Crippen LogP contribution < -0.4 is 14.8 Å². The summed E-state index contributed by atoms with van der Waals surface area (Å²) in [6.45, 7) is 1.52. The van der Waals surface area contributed by atoms with Crippen LogP contribution in [0.4, 0.5) is 0 Å². The highest BCUT2D eigenvalue weighted by Gasteiger charge is 2.23. The van der Waals surface area contributed by atoms with Crippen LogP contribution in [0.1, 0.15) is 6.42 Å². The Balaban J connectivity index is 2.21. The fourth-order valence-electron chi connectivity index (χ4n) is 1.86. The molecule has 100 valence electrons. The van der Waals surface area contributed by atoms with Gasteiger partial charge in [-0.3, -0.25) is 0 Å². The number of halogens is 1. The van der Waals surface area contributed by atoms with Gasteiger partial charge in [0.05, 0.1) is 16.5 Å². The molecule has 0 saturated carbocycles. The Morgan fingerprint density at radius 2 is 2.28 bits per heavy atom. The summed E-state index contributed by atoms with van der Waals surface area (Å²) < 4.78 is 32.7. The highest BCUT2D eigenvalue weighted by molar-refractivity contribution is 9.10. The maximum Gasteiger partial charge on any atom is 0.240 e. The smallest absolute Gasteiger partial charge is 0.240 e. The van der Waals surface area contributed by atoms with Crippen LogP contribution in [0.15, 0.2) is 27.6 Å². The summed E-state index contributed by atoms with van der Waals surface area (Å²) in [6, 6.07) is 4.68. The minimum atomic E-state index is -3.47. The topological polar surface area (TPSA) is 67.4 Å². The van der Waals surface area contributed by atoms with Crippen LogP contribution in [0.2, 0.25) is 0 Å². The molecular weight excluding hydrogens is 320 g/mol. The van der Waals surface area contributed by atoms with Gasteiger partial charge in [0.15, 0.2) is 0 Å². The second-order valence-electron chi connectivity index (χ2n) is 4.11.